The monoisotopic (exact) mass is 476 g/mol. The molecule has 0 unspecified atom stereocenters. The molecule has 7 heteroatoms. The molecule has 5 rings (SSSR count). The lowest BCUT2D eigenvalue weighted by Gasteiger charge is -2.40. The van der Waals surface area contributed by atoms with Crippen LogP contribution in [0, 0.1) is 11.8 Å². The molecule has 1 aliphatic heterocycles. The van der Waals surface area contributed by atoms with Crippen molar-refractivity contribution in [2.45, 2.75) is 57.0 Å². The zero-order valence-corrected chi connectivity index (χ0v) is 20.0. The lowest BCUT2D eigenvalue weighted by molar-refractivity contribution is -0.148. The molecule has 35 heavy (non-hydrogen) atoms. The molecule has 7 nitrogen and oxygen atoms in total. The molecule has 1 heterocycles. The second-order valence-electron chi connectivity index (χ2n) is 10.2. The molecule has 1 saturated carbocycles. The maximum absolute atomic E-state index is 12.7. The van der Waals surface area contributed by atoms with Gasteiger partial charge in [-0.25, -0.2) is 4.79 Å². The molecule has 0 radical (unpaired) electrons. The Kier molecular flexibility index (Phi) is 6.50. The van der Waals surface area contributed by atoms with Gasteiger partial charge in [-0.1, -0.05) is 48.5 Å². The Bertz CT molecular complexity index is 1080. The summed E-state index contributed by atoms with van der Waals surface area (Å²) in [6, 6.07) is 16.5. The summed E-state index contributed by atoms with van der Waals surface area (Å²) in [5.41, 5.74) is 4.77. The summed E-state index contributed by atoms with van der Waals surface area (Å²) < 4.78 is 5.63. The first-order valence-electron chi connectivity index (χ1n) is 12.5. The quantitative estimate of drug-likeness (QED) is 0.644. The summed E-state index contributed by atoms with van der Waals surface area (Å²) in [4.78, 5) is 38.3. The highest BCUT2D eigenvalue weighted by Gasteiger charge is 2.37. The fraction of sp³-hybridized carbons (Fsp3) is 0.464. The van der Waals surface area contributed by atoms with Crippen molar-refractivity contribution in [1.82, 2.24) is 10.2 Å². The number of rotatable bonds is 6. The van der Waals surface area contributed by atoms with Crippen LogP contribution in [0.3, 0.4) is 0 Å². The molecule has 2 atom stereocenters. The fourth-order valence-corrected chi connectivity index (χ4v) is 5.96. The van der Waals surface area contributed by atoms with Crippen LogP contribution in [0.4, 0.5) is 4.79 Å². The van der Waals surface area contributed by atoms with Crippen molar-refractivity contribution in [3.8, 4) is 11.1 Å². The van der Waals surface area contributed by atoms with E-state index >= 15 is 0 Å². The Morgan fingerprint density at radius 3 is 2.23 bits per heavy atom. The van der Waals surface area contributed by atoms with E-state index < -0.39 is 12.1 Å². The van der Waals surface area contributed by atoms with E-state index in [-0.39, 0.29) is 35.7 Å². The van der Waals surface area contributed by atoms with Crippen LogP contribution in [0.1, 0.15) is 56.1 Å². The number of likely N-dealkylation sites (tertiary alicyclic amines) is 1. The number of hydrogen-bond donors (Lipinski definition) is 2. The van der Waals surface area contributed by atoms with E-state index in [2.05, 4.69) is 29.6 Å². The van der Waals surface area contributed by atoms with Gasteiger partial charge in [-0.05, 0) is 60.8 Å². The second-order valence-corrected chi connectivity index (χ2v) is 10.2. The van der Waals surface area contributed by atoms with E-state index in [9.17, 15) is 19.5 Å². The van der Waals surface area contributed by atoms with Gasteiger partial charge in [-0.15, -0.1) is 0 Å². The van der Waals surface area contributed by atoms with Gasteiger partial charge in [-0.2, -0.15) is 0 Å². The molecule has 3 aliphatic rings. The molecule has 2 fully saturated rings. The number of fused-ring (bicyclic) bond motifs is 3. The number of ether oxygens (including phenoxy) is 1. The summed E-state index contributed by atoms with van der Waals surface area (Å²) in [6.45, 7) is 2.72. The van der Waals surface area contributed by atoms with E-state index in [0.29, 0.717) is 32.4 Å². The SMILES string of the molecule is C[C@H]1C[C@@H](C(=O)O)CCN1C(=O)CC1CC(NC(=O)OCC2c3ccccc3-c3ccccc32)C1. The van der Waals surface area contributed by atoms with Crippen molar-refractivity contribution in [2.75, 3.05) is 13.2 Å². The van der Waals surface area contributed by atoms with Gasteiger partial charge in [-0.3, -0.25) is 9.59 Å². The van der Waals surface area contributed by atoms with Crippen LogP contribution in [-0.4, -0.2) is 53.2 Å². The number of amides is 2. The Labute approximate surface area is 205 Å². The Balaban J connectivity index is 1.06. The van der Waals surface area contributed by atoms with Crippen molar-refractivity contribution in [2.24, 2.45) is 11.8 Å². The minimum atomic E-state index is -0.773. The molecule has 2 aromatic carbocycles. The van der Waals surface area contributed by atoms with Crippen molar-refractivity contribution in [3.05, 3.63) is 59.7 Å². The number of aliphatic carboxylic acids is 1. The molecular formula is C28H32N2O5. The first-order valence-corrected chi connectivity index (χ1v) is 12.5. The molecule has 0 aromatic heterocycles. The number of benzene rings is 2. The van der Waals surface area contributed by atoms with Crippen molar-refractivity contribution >= 4 is 18.0 Å². The summed E-state index contributed by atoms with van der Waals surface area (Å²) in [6.07, 6.45) is 2.59. The van der Waals surface area contributed by atoms with Gasteiger partial charge in [0.15, 0.2) is 0 Å². The number of nitrogens with one attached hydrogen (secondary N) is 1. The van der Waals surface area contributed by atoms with E-state index in [1.807, 2.05) is 36.1 Å². The lowest BCUT2D eigenvalue weighted by Crippen LogP contribution is -2.49. The second kappa shape index (κ2) is 9.72. The third-order valence-corrected chi connectivity index (χ3v) is 7.91. The number of nitrogens with zero attached hydrogens (tertiary/aromatic N) is 1. The maximum Gasteiger partial charge on any atom is 0.407 e. The molecule has 2 aromatic rings. The zero-order chi connectivity index (χ0) is 24.5. The minimum Gasteiger partial charge on any atom is -0.481 e. The third-order valence-electron chi connectivity index (χ3n) is 7.91. The topological polar surface area (TPSA) is 95.9 Å². The van der Waals surface area contributed by atoms with Crippen molar-refractivity contribution < 1.29 is 24.2 Å². The standard InChI is InChI=1S/C28H32N2O5/c1-17-12-19(27(32)33)10-11-30(17)26(31)15-18-13-20(14-18)29-28(34)35-16-25-23-8-4-2-6-21(23)22-7-3-5-9-24(22)25/h2-9,17-20,25H,10-16H2,1H3,(H,29,34)(H,32,33)/t17-,18?,19-,20?/m0/s1. The fourth-order valence-electron chi connectivity index (χ4n) is 5.96. The predicted octanol–water partition coefficient (Wildman–Crippen LogP) is 4.41. The Morgan fingerprint density at radius 2 is 1.63 bits per heavy atom. The highest BCUT2D eigenvalue weighted by Crippen LogP contribution is 2.44. The molecule has 2 amide bonds. The first kappa shape index (κ1) is 23.4. The maximum atomic E-state index is 12.7. The van der Waals surface area contributed by atoms with Gasteiger partial charge in [0, 0.05) is 31.0 Å². The largest absolute Gasteiger partial charge is 0.481 e. The average Bonchev–Trinajstić information content (AvgIpc) is 3.15. The summed E-state index contributed by atoms with van der Waals surface area (Å²) in [7, 11) is 0. The van der Waals surface area contributed by atoms with E-state index in [0.717, 1.165) is 12.8 Å². The van der Waals surface area contributed by atoms with E-state index in [1.54, 1.807) is 0 Å². The van der Waals surface area contributed by atoms with Crippen molar-refractivity contribution in [3.63, 3.8) is 0 Å². The number of hydrogen-bond acceptors (Lipinski definition) is 4. The number of carboxylic acids is 1. The minimum absolute atomic E-state index is 0.0265. The van der Waals surface area contributed by atoms with Crippen LogP contribution in [0.25, 0.3) is 11.1 Å². The van der Waals surface area contributed by atoms with Gasteiger partial charge in [0.2, 0.25) is 5.91 Å². The van der Waals surface area contributed by atoms with Crippen LogP contribution in [0.15, 0.2) is 48.5 Å². The Hall–Kier alpha value is -3.35. The molecule has 0 spiro atoms. The van der Waals surface area contributed by atoms with Crippen LogP contribution < -0.4 is 5.32 Å². The highest BCUT2D eigenvalue weighted by atomic mass is 16.5. The zero-order valence-electron chi connectivity index (χ0n) is 20.0. The van der Waals surface area contributed by atoms with Gasteiger partial charge in [0.05, 0.1) is 5.92 Å². The number of carboxylic acid groups (broad SMARTS) is 1. The molecule has 0 bridgehead atoms. The van der Waals surface area contributed by atoms with E-state index in [1.165, 1.54) is 22.3 Å². The molecule has 1 saturated heterocycles. The predicted molar refractivity (Wildman–Crippen MR) is 131 cm³/mol. The average molecular weight is 477 g/mol. The smallest absolute Gasteiger partial charge is 0.407 e. The van der Waals surface area contributed by atoms with Gasteiger partial charge < -0.3 is 20.1 Å². The van der Waals surface area contributed by atoms with Gasteiger partial charge in [0.25, 0.3) is 0 Å². The number of carbonyl (C=O) groups excluding carboxylic acids is 2. The molecular weight excluding hydrogens is 444 g/mol. The number of alkyl carbamates (subject to hydrolysis) is 1. The van der Waals surface area contributed by atoms with Crippen LogP contribution in [0.5, 0.6) is 0 Å². The van der Waals surface area contributed by atoms with Crippen LogP contribution in [-0.2, 0) is 14.3 Å². The van der Waals surface area contributed by atoms with Gasteiger partial charge >= 0.3 is 12.1 Å². The summed E-state index contributed by atoms with van der Waals surface area (Å²) >= 11 is 0. The summed E-state index contributed by atoms with van der Waals surface area (Å²) in [5.74, 6) is -0.766. The highest BCUT2D eigenvalue weighted by molar-refractivity contribution is 5.79. The number of piperidine rings is 1. The molecule has 2 N–H and O–H groups in total. The summed E-state index contributed by atoms with van der Waals surface area (Å²) in [5, 5.41) is 12.2. The van der Waals surface area contributed by atoms with E-state index in [4.69, 9.17) is 4.74 Å². The van der Waals surface area contributed by atoms with Crippen LogP contribution in [0.2, 0.25) is 0 Å². The lowest BCUT2D eigenvalue weighted by atomic mass is 9.77. The Morgan fingerprint density at radius 1 is 1.00 bits per heavy atom. The van der Waals surface area contributed by atoms with Crippen LogP contribution >= 0.6 is 0 Å². The first-order chi connectivity index (χ1) is 16.9. The normalized spacial score (nSPS) is 25.2. The third kappa shape index (κ3) is 4.77. The van der Waals surface area contributed by atoms with Gasteiger partial charge in [0.1, 0.15) is 6.61 Å². The van der Waals surface area contributed by atoms with Crippen molar-refractivity contribution in [1.29, 1.82) is 0 Å². The number of carbonyl (C=O) groups is 3. The molecule has 2 aliphatic carbocycles. The molecule has 184 valence electrons.